The van der Waals surface area contributed by atoms with Crippen molar-refractivity contribution in [3.8, 4) is 11.5 Å². The number of carbonyl (C=O) groups excluding carboxylic acids is 3. The van der Waals surface area contributed by atoms with Crippen molar-refractivity contribution >= 4 is 17.7 Å². The number of nitrogens with two attached hydrogens (primary N) is 1. The molecule has 8 nitrogen and oxygen atoms in total. The SMILES string of the molecule is COc1cc2c(cc1OC)CN(C(=O)CCCN1Cc3ccccc3C1=O)C(C(N)=O)C2. The summed E-state index contributed by atoms with van der Waals surface area (Å²) in [5.41, 5.74) is 9.18. The zero-order chi connectivity index (χ0) is 22.8. The first-order chi connectivity index (χ1) is 15.4. The lowest BCUT2D eigenvalue weighted by molar-refractivity contribution is -0.140. The summed E-state index contributed by atoms with van der Waals surface area (Å²) in [6, 6.07) is 10.5. The lowest BCUT2D eigenvalue weighted by Crippen LogP contribution is -2.51. The minimum atomic E-state index is -0.717. The fourth-order valence-electron chi connectivity index (χ4n) is 4.49. The summed E-state index contributed by atoms with van der Waals surface area (Å²) in [5.74, 6) is 0.451. The first-order valence-electron chi connectivity index (χ1n) is 10.6. The molecule has 0 spiro atoms. The van der Waals surface area contributed by atoms with Gasteiger partial charge in [-0.3, -0.25) is 14.4 Å². The van der Waals surface area contributed by atoms with Crippen LogP contribution < -0.4 is 15.2 Å². The van der Waals surface area contributed by atoms with Crippen molar-refractivity contribution in [3.05, 3.63) is 58.7 Å². The van der Waals surface area contributed by atoms with Gasteiger partial charge in [-0.1, -0.05) is 18.2 Å². The van der Waals surface area contributed by atoms with Gasteiger partial charge in [-0.2, -0.15) is 0 Å². The van der Waals surface area contributed by atoms with Crippen molar-refractivity contribution < 1.29 is 23.9 Å². The number of methoxy groups -OCH3 is 2. The number of ether oxygens (including phenoxy) is 2. The molecular formula is C24H27N3O5. The molecule has 1 atom stereocenters. The van der Waals surface area contributed by atoms with Gasteiger partial charge in [0.15, 0.2) is 11.5 Å². The van der Waals surface area contributed by atoms with Crippen molar-refractivity contribution in [1.29, 1.82) is 0 Å². The Labute approximate surface area is 186 Å². The molecule has 8 heteroatoms. The molecule has 4 rings (SSSR count). The third-order valence-corrected chi connectivity index (χ3v) is 6.20. The average Bonchev–Trinajstić information content (AvgIpc) is 3.12. The molecule has 0 aromatic heterocycles. The molecule has 2 aliphatic heterocycles. The summed E-state index contributed by atoms with van der Waals surface area (Å²) < 4.78 is 10.7. The Morgan fingerprint density at radius 3 is 2.38 bits per heavy atom. The predicted octanol–water partition coefficient (Wildman–Crippen LogP) is 1.88. The normalized spacial score (nSPS) is 17.1. The molecular weight excluding hydrogens is 410 g/mol. The van der Waals surface area contributed by atoms with Crippen molar-refractivity contribution in [2.24, 2.45) is 5.73 Å². The number of nitrogens with zero attached hydrogens (tertiary/aromatic N) is 2. The van der Waals surface area contributed by atoms with Crippen LogP contribution in [0.3, 0.4) is 0 Å². The first-order valence-corrected chi connectivity index (χ1v) is 10.6. The van der Waals surface area contributed by atoms with E-state index in [-0.39, 0.29) is 24.8 Å². The van der Waals surface area contributed by atoms with Crippen LogP contribution in [0.2, 0.25) is 0 Å². The van der Waals surface area contributed by atoms with Crippen LogP contribution in [0.15, 0.2) is 36.4 Å². The zero-order valence-electron chi connectivity index (χ0n) is 18.3. The van der Waals surface area contributed by atoms with Gasteiger partial charge in [0, 0.05) is 38.0 Å². The van der Waals surface area contributed by atoms with Crippen molar-refractivity contribution in [3.63, 3.8) is 0 Å². The van der Waals surface area contributed by atoms with Crippen LogP contribution in [0.5, 0.6) is 11.5 Å². The van der Waals surface area contributed by atoms with Crippen LogP contribution in [-0.4, -0.2) is 54.3 Å². The largest absolute Gasteiger partial charge is 0.493 e. The first kappa shape index (κ1) is 21.7. The van der Waals surface area contributed by atoms with Crippen LogP contribution in [-0.2, 0) is 29.1 Å². The molecule has 0 saturated heterocycles. The number of benzene rings is 2. The molecule has 168 valence electrons. The van der Waals surface area contributed by atoms with Gasteiger partial charge in [0.25, 0.3) is 5.91 Å². The molecule has 2 aromatic rings. The molecule has 32 heavy (non-hydrogen) atoms. The number of carbonyl (C=O) groups is 3. The third kappa shape index (κ3) is 4.00. The van der Waals surface area contributed by atoms with E-state index < -0.39 is 11.9 Å². The maximum absolute atomic E-state index is 13.0. The van der Waals surface area contributed by atoms with Gasteiger partial charge in [-0.15, -0.1) is 0 Å². The van der Waals surface area contributed by atoms with Crippen molar-refractivity contribution in [2.45, 2.75) is 38.4 Å². The molecule has 3 amide bonds. The van der Waals surface area contributed by atoms with Crippen LogP contribution in [0.1, 0.15) is 39.9 Å². The molecule has 0 aliphatic carbocycles. The average molecular weight is 437 g/mol. The van der Waals surface area contributed by atoms with Gasteiger partial charge in [0.1, 0.15) is 6.04 Å². The predicted molar refractivity (Wildman–Crippen MR) is 117 cm³/mol. The van der Waals surface area contributed by atoms with Crippen molar-refractivity contribution in [2.75, 3.05) is 20.8 Å². The van der Waals surface area contributed by atoms with Gasteiger partial charge in [-0.25, -0.2) is 0 Å². The fourth-order valence-corrected chi connectivity index (χ4v) is 4.49. The van der Waals surface area contributed by atoms with E-state index in [9.17, 15) is 14.4 Å². The standard InChI is InChI=1S/C24H27N3O5/c1-31-20-11-16-10-19(23(25)29)27(14-17(16)12-21(20)32-2)22(28)8-5-9-26-13-15-6-3-4-7-18(15)24(26)30/h3-4,6-7,11-12,19H,5,8-10,13-14H2,1-2H3,(H2,25,29). The second-order valence-corrected chi connectivity index (χ2v) is 8.11. The Hall–Kier alpha value is -3.55. The highest BCUT2D eigenvalue weighted by molar-refractivity contribution is 5.98. The third-order valence-electron chi connectivity index (χ3n) is 6.20. The number of primary amides is 1. The van der Waals surface area contributed by atoms with E-state index in [0.717, 1.165) is 22.3 Å². The van der Waals surface area contributed by atoms with E-state index >= 15 is 0 Å². The summed E-state index contributed by atoms with van der Waals surface area (Å²) in [5, 5.41) is 0. The summed E-state index contributed by atoms with van der Waals surface area (Å²) >= 11 is 0. The maximum Gasteiger partial charge on any atom is 0.254 e. The summed E-state index contributed by atoms with van der Waals surface area (Å²) in [6.07, 6.45) is 1.07. The molecule has 0 fully saturated rings. The Kier molecular flexibility index (Phi) is 6.03. The minimum Gasteiger partial charge on any atom is -0.493 e. The second-order valence-electron chi connectivity index (χ2n) is 8.11. The quantitative estimate of drug-likeness (QED) is 0.713. The summed E-state index contributed by atoms with van der Waals surface area (Å²) in [4.78, 5) is 41.0. The lowest BCUT2D eigenvalue weighted by Gasteiger charge is -2.35. The number of rotatable bonds is 7. The molecule has 1 unspecified atom stereocenters. The second kappa shape index (κ2) is 8.90. The number of hydrogen-bond acceptors (Lipinski definition) is 5. The van der Waals surface area contributed by atoms with Crippen LogP contribution >= 0.6 is 0 Å². The van der Waals surface area contributed by atoms with E-state index in [4.69, 9.17) is 15.2 Å². The molecule has 2 heterocycles. The summed E-state index contributed by atoms with van der Waals surface area (Å²) in [6.45, 7) is 1.32. The van der Waals surface area contributed by atoms with Gasteiger partial charge in [-0.05, 0) is 41.3 Å². The van der Waals surface area contributed by atoms with Crippen LogP contribution in [0.4, 0.5) is 0 Å². The summed E-state index contributed by atoms with van der Waals surface area (Å²) in [7, 11) is 3.11. The Balaban J connectivity index is 1.42. The Bertz CT molecular complexity index is 1070. The molecule has 2 N–H and O–H groups in total. The highest BCUT2D eigenvalue weighted by atomic mass is 16.5. The van der Waals surface area contributed by atoms with Crippen LogP contribution in [0.25, 0.3) is 0 Å². The van der Waals surface area contributed by atoms with E-state index in [0.29, 0.717) is 37.4 Å². The fraction of sp³-hybridized carbons (Fsp3) is 0.375. The molecule has 2 aliphatic rings. The van der Waals surface area contributed by atoms with E-state index in [1.54, 1.807) is 19.1 Å². The Morgan fingerprint density at radius 2 is 1.72 bits per heavy atom. The monoisotopic (exact) mass is 437 g/mol. The van der Waals surface area contributed by atoms with Gasteiger partial charge in [0.05, 0.1) is 14.2 Å². The number of hydrogen-bond donors (Lipinski definition) is 1. The lowest BCUT2D eigenvalue weighted by atomic mass is 9.92. The van der Waals surface area contributed by atoms with Gasteiger partial charge >= 0.3 is 0 Å². The highest BCUT2D eigenvalue weighted by Crippen LogP contribution is 2.35. The molecule has 2 aromatic carbocycles. The highest BCUT2D eigenvalue weighted by Gasteiger charge is 2.34. The molecule has 0 bridgehead atoms. The Morgan fingerprint density at radius 1 is 1.03 bits per heavy atom. The minimum absolute atomic E-state index is 0.00370. The van der Waals surface area contributed by atoms with E-state index in [1.165, 1.54) is 4.90 Å². The van der Waals surface area contributed by atoms with Crippen LogP contribution in [0, 0.1) is 0 Å². The van der Waals surface area contributed by atoms with Crippen molar-refractivity contribution in [1.82, 2.24) is 9.80 Å². The van der Waals surface area contributed by atoms with E-state index in [2.05, 4.69) is 0 Å². The smallest absolute Gasteiger partial charge is 0.254 e. The maximum atomic E-state index is 13.0. The molecule has 0 radical (unpaired) electrons. The number of fused-ring (bicyclic) bond motifs is 2. The molecule has 0 saturated carbocycles. The number of amides is 3. The van der Waals surface area contributed by atoms with Gasteiger partial charge < -0.3 is 25.0 Å². The van der Waals surface area contributed by atoms with Gasteiger partial charge in [0.2, 0.25) is 11.8 Å². The topological polar surface area (TPSA) is 102 Å². The van der Waals surface area contributed by atoms with E-state index in [1.807, 2.05) is 36.4 Å². The zero-order valence-corrected chi connectivity index (χ0v) is 18.3.